The molecule has 0 radical (unpaired) electrons. The maximum atomic E-state index is 12.0. The zero-order valence-electron chi connectivity index (χ0n) is 11.7. The van der Waals surface area contributed by atoms with Gasteiger partial charge < -0.3 is 5.32 Å². The molecule has 0 aliphatic heterocycles. The van der Waals surface area contributed by atoms with Crippen LogP contribution in [-0.2, 0) is 4.79 Å². The van der Waals surface area contributed by atoms with Crippen LogP contribution in [0.3, 0.4) is 0 Å². The van der Waals surface area contributed by atoms with Crippen molar-refractivity contribution in [2.45, 2.75) is 49.8 Å². The van der Waals surface area contributed by atoms with Crippen LogP contribution in [0.4, 0.5) is 0 Å². The first-order valence-corrected chi connectivity index (χ1v) is 7.47. The number of benzene rings is 1. The Morgan fingerprint density at radius 2 is 1.95 bits per heavy atom. The fourth-order valence-corrected chi connectivity index (χ4v) is 2.62. The van der Waals surface area contributed by atoms with Crippen molar-refractivity contribution in [3.05, 3.63) is 29.8 Å². The van der Waals surface area contributed by atoms with Gasteiger partial charge in [-0.3, -0.25) is 9.59 Å². The minimum absolute atomic E-state index is 0.0606. The SMILES string of the molecule is CCCC(C)NC(=O)C(C)Sc1ccc(C=O)cc1. The molecule has 3 nitrogen and oxygen atoms in total. The molecule has 1 aromatic carbocycles. The molecule has 0 saturated carbocycles. The third kappa shape index (κ3) is 5.47. The Balaban J connectivity index is 2.50. The Hall–Kier alpha value is -1.29. The van der Waals surface area contributed by atoms with Crippen molar-refractivity contribution in [2.24, 2.45) is 0 Å². The van der Waals surface area contributed by atoms with E-state index in [1.165, 1.54) is 11.8 Å². The lowest BCUT2D eigenvalue weighted by Gasteiger charge is -2.16. The summed E-state index contributed by atoms with van der Waals surface area (Å²) in [5.41, 5.74) is 0.651. The Morgan fingerprint density at radius 1 is 1.32 bits per heavy atom. The third-order valence-electron chi connectivity index (χ3n) is 2.81. The summed E-state index contributed by atoms with van der Waals surface area (Å²) < 4.78 is 0. The first-order chi connectivity index (χ1) is 9.06. The molecule has 0 bridgehead atoms. The van der Waals surface area contributed by atoms with Crippen molar-refractivity contribution < 1.29 is 9.59 Å². The number of amides is 1. The van der Waals surface area contributed by atoms with E-state index < -0.39 is 0 Å². The molecule has 1 amide bonds. The standard InChI is InChI=1S/C15H21NO2S/c1-4-5-11(2)16-15(18)12(3)19-14-8-6-13(10-17)7-9-14/h6-12H,4-5H2,1-3H3,(H,16,18). The summed E-state index contributed by atoms with van der Waals surface area (Å²) in [6.45, 7) is 6.03. The molecule has 104 valence electrons. The Morgan fingerprint density at radius 3 is 2.47 bits per heavy atom. The number of rotatable bonds is 7. The number of aldehydes is 1. The summed E-state index contributed by atoms with van der Waals surface area (Å²) >= 11 is 1.50. The molecule has 1 rings (SSSR count). The molecule has 1 N–H and O–H groups in total. The minimum atomic E-state index is -0.138. The molecule has 4 heteroatoms. The van der Waals surface area contributed by atoms with Gasteiger partial charge in [0.2, 0.25) is 5.91 Å². The van der Waals surface area contributed by atoms with E-state index in [9.17, 15) is 9.59 Å². The van der Waals surface area contributed by atoms with Crippen LogP contribution in [0.5, 0.6) is 0 Å². The van der Waals surface area contributed by atoms with Gasteiger partial charge in [0, 0.05) is 16.5 Å². The Kier molecular flexibility index (Phi) is 6.64. The molecular formula is C15H21NO2S. The highest BCUT2D eigenvalue weighted by Gasteiger charge is 2.16. The molecule has 2 unspecified atom stereocenters. The maximum absolute atomic E-state index is 12.0. The van der Waals surface area contributed by atoms with Crippen LogP contribution in [0.1, 0.15) is 44.0 Å². The molecule has 0 spiro atoms. The normalized spacial score (nSPS) is 13.6. The van der Waals surface area contributed by atoms with Crippen LogP contribution in [-0.4, -0.2) is 23.5 Å². The van der Waals surface area contributed by atoms with Gasteiger partial charge in [-0.25, -0.2) is 0 Å². The summed E-state index contributed by atoms with van der Waals surface area (Å²) in [6, 6.07) is 7.48. The van der Waals surface area contributed by atoms with E-state index in [2.05, 4.69) is 12.2 Å². The lowest BCUT2D eigenvalue weighted by atomic mass is 10.2. The van der Waals surface area contributed by atoms with Gasteiger partial charge >= 0.3 is 0 Å². The lowest BCUT2D eigenvalue weighted by molar-refractivity contribution is -0.120. The van der Waals surface area contributed by atoms with Crippen LogP contribution in [0.2, 0.25) is 0 Å². The van der Waals surface area contributed by atoms with Crippen molar-refractivity contribution in [1.29, 1.82) is 0 Å². The molecule has 0 saturated heterocycles. The van der Waals surface area contributed by atoms with E-state index in [4.69, 9.17) is 0 Å². The van der Waals surface area contributed by atoms with E-state index in [-0.39, 0.29) is 17.2 Å². The third-order valence-corrected chi connectivity index (χ3v) is 3.92. The highest BCUT2D eigenvalue weighted by Crippen LogP contribution is 2.23. The van der Waals surface area contributed by atoms with Gasteiger partial charge in [-0.05, 0) is 32.4 Å². The largest absolute Gasteiger partial charge is 0.353 e. The summed E-state index contributed by atoms with van der Waals surface area (Å²) in [5, 5.41) is 2.87. The first kappa shape index (κ1) is 15.8. The summed E-state index contributed by atoms with van der Waals surface area (Å²) in [6.07, 6.45) is 2.88. The van der Waals surface area contributed by atoms with Crippen LogP contribution in [0.25, 0.3) is 0 Å². The van der Waals surface area contributed by atoms with Crippen molar-refractivity contribution in [1.82, 2.24) is 5.32 Å². The van der Waals surface area contributed by atoms with E-state index in [1.54, 1.807) is 12.1 Å². The highest BCUT2D eigenvalue weighted by atomic mass is 32.2. The molecule has 0 aliphatic rings. The Bertz CT molecular complexity index is 417. The predicted molar refractivity (Wildman–Crippen MR) is 79.7 cm³/mol. The molecule has 0 fully saturated rings. The smallest absolute Gasteiger partial charge is 0.233 e. The average molecular weight is 279 g/mol. The van der Waals surface area contributed by atoms with Crippen molar-refractivity contribution in [3.63, 3.8) is 0 Å². The van der Waals surface area contributed by atoms with Gasteiger partial charge in [0.25, 0.3) is 0 Å². The van der Waals surface area contributed by atoms with E-state index >= 15 is 0 Å². The van der Waals surface area contributed by atoms with Crippen LogP contribution in [0.15, 0.2) is 29.2 Å². The van der Waals surface area contributed by atoms with Crippen LogP contribution < -0.4 is 5.32 Å². The highest BCUT2D eigenvalue weighted by molar-refractivity contribution is 8.00. The molecule has 19 heavy (non-hydrogen) atoms. The summed E-state index contributed by atoms with van der Waals surface area (Å²) in [4.78, 5) is 23.5. The number of hydrogen-bond acceptors (Lipinski definition) is 3. The zero-order chi connectivity index (χ0) is 14.3. The second-order valence-corrected chi connectivity index (χ2v) is 6.06. The first-order valence-electron chi connectivity index (χ1n) is 6.59. The number of nitrogens with one attached hydrogen (secondary N) is 1. The fourth-order valence-electron chi connectivity index (χ4n) is 1.75. The zero-order valence-corrected chi connectivity index (χ0v) is 12.5. The van der Waals surface area contributed by atoms with Gasteiger partial charge in [0.1, 0.15) is 6.29 Å². The number of hydrogen-bond donors (Lipinski definition) is 1. The monoisotopic (exact) mass is 279 g/mol. The molecular weight excluding hydrogens is 258 g/mol. The Labute approximate surface area is 119 Å². The number of thioether (sulfide) groups is 1. The second kappa shape index (κ2) is 8.00. The maximum Gasteiger partial charge on any atom is 0.233 e. The van der Waals surface area contributed by atoms with E-state index in [1.807, 2.05) is 26.0 Å². The van der Waals surface area contributed by atoms with E-state index in [0.717, 1.165) is 24.0 Å². The number of carbonyl (C=O) groups is 2. The minimum Gasteiger partial charge on any atom is -0.353 e. The molecule has 0 aliphatic carbocycles. The van der Waals surface area contributed by atoms with Crippen LogP contribution in [0, 0.1) is 0 Å². The predicted octanol–water partition coefficient (Wildman–Crippen LogP) is 3.28. The molecule has 0 aromatic heterocycles. The fraction of sp³-hybridized carbons (Fsp3) is 0.467. The topological polar surface area (TPSA) is 46.2 Å². The van der Waals surface area contributed by atoms with Crippen molar-refractivity contribution >= 4 is 24.0 Å². The molecule has 1 aromatic rings. The van der Waals surface area contributed by atoms with Crippen molar-refractivity contribution in [2.75, 3.05) is 0 Å². The summed E-state index contributed by atoms with van der Waals surface area (Å²) in [5.74, 6) is 0.0606. The number of carbonyl (C=O) groups excluding carboxylic acids is 2. The lowest BCUT2D eigenvalue weighted by Crippen LogP contribution is -2.37. The molecule has 2 atom stereocenters. The van der Waals surface area contributed by atoms with Gasteiger partial charge in [-0.15, -0.1) is 11.8 Å². The second-order valence-electron chi connectivity index (χ2n) is 4.65. The average Bonchev–Trinajstić information content (AvgIpc) is 2.39. The van der Waals surface area contributed by atoms with Crippen molar-refractivity contribution in [3.8, 4) is 0 Å². The van der Waals surface area contributed by atoms with Gasteiger partial charge in [0.05, 0.1) is 5.25 Å². The van der Waals surface area contributed by atoms with Gasteiger partial charge in [0.15, 0.2) is 0 Å². The quantitative estimate of drug-likeness (QED) is 0.615. The summed E-state index contributed by atoms with van der Waals surface area (Å²) in [7, 11) is 0. The van der Waals surface area contributed by atoms with Crippen LogP contribution >= 0.6 is 11.8 Å². The van der Waals surface area contributed by atoms with Gasteiger partial charge in [-0.2, -0.15) is 0 Å². The van der Waals surface area contributed by atoms with E-state index in [0.29, 0.717) is 5.56 Å². The van der Waals surface area contributed by atoms with Gasteiger partial charge in [-0.1, -0.05) is 25.5 Å². The molecule has 0 heterocycles.